The molecule has 0 aliphatic carbocycles. The van der Waals surface area contributed by atoms with Gasteiger partial charge in [0.15, 0.2) is 0 Å². The molecule has 0 radical (unpaired) electrons. The van der Waals surface area contributed by atoms with E-state index in [4.69, 9.17) is 0 Å². The van der Waals surface area contributed by atoms with Crippen LogP contribution in [0, 0.1) is 13.8 Å². The number of carbonyl (C=O) groups excluding carboxylic acids is 1. The third kappa shape index (κ3) is 2.93. The number of nitrogens with zero attached hydrogens (tertiary/aromatic N) is 2. The second-order valence-electron chi connectivity index (χ2n) is 5.96. The predicted octanol–water partition coefficient (Wildman–Crippen LogP) is 2.80. The molecular weight excluding hydrogens is 302 g/mol. The molecule has 1 amide bonds. The predicted molar refractivity (Wildman–Crippen MR) is 93.3 cm³/mol. The SMILES string of the molecule is Cc1ccc2ncc(C(=O)NC(C)c3ccccc3C)c(=O)n2c1. The second kappa shape index (κ2) is 6.28. The van der Waals surface area contributed by atoms with Crippen molar-refractivity contribution in [2.24, 2.45) is 0 Å². The summed E-state index contributed by atoms with van der Waals surface area (Å²) in [7, 11) is 0. The highest BCUT2D eigenvalue weighted by atomic mass is 16.2. The van der Waals surface area contributed by atoms with Gasteiger partial charge in [-0.1, -0.05) is 30.3 Å². The fourth-order valence-electron chi connectivity index (χ4n) is 2.76. The Balaban J connectivity index is 1.93. The van der Waals surface area contributed by atoms with Crippen LogP contribution < -0.4 is 10.9 Å². The summed E-state index contributed by atoms with van der Waals surface area (Å²) in [5.74, 6) is -0.417. The Labute approximate surface area is 140 Å². The van der Waals surface area contributed by atoms with Crippen molar-refractivity contribution in [2.45, 2.75) is 26.8 Å². The first-order valence-electron chi connectivity index (χ1n) is 7.82. The summed E-state index contributed by atoms with van der Waals surface area (Å²) in [5.41, 5.74) is 3.24. The van der Waals surface area contributed by atoms with Gasteiger partial charge in [0, 0.05) is 12.4 Å². The molecule has 3 rings (SSSR count). The number of aryl methyl sites for hydroxylation is 2. The summed E-state index contributed by atoms with van der Waals surface area (Å²) in [6, 6.07) is 11.3. The van der Waals surface area contributed by atoms with Gasteiger partial charge >= 0.3 is 0 Å². The maximum absolute atomic E-state index is 12.6. The van der Waals surface area contributed by atoms with Gasteiger partial charge in [0.2, 0.25) is 0 Å². The molecule has 1 aromatic carbocycles. The number of hydrogen-bond donors (Lipinski definition) is 1. The Kier molecular flexibility index (Phi) is 4.16. The number of rotatable bonds is 3. The molecule has 0 saturated heterocycles. The topological polar surface area (TPSA) is 63.5 Å². The second-order valence-corrected chi connectivity index (χ2v) is 5.96. The highest BCUT2D eigenvalue weighted by Gasteiger charge is 2.17. The molecule has 0 aliphatic rings. The number of aromatic nitrogens is 2. The lowest BCUT2D eigenvalue weighted by Gasteiger charge is -2.16. The monoisotopic (exact) mass is 321 g/mol. The Morgan fingerprint density at radius 1 is 1.17 bits per heavy atom. The molecule has 0 bridgehead atoms. The molecule has 1 unspecified atom stereocenters. The molecule has 2 aromatic heterocycles. The van der Waals surface area contributed by atoms with Crippen LogP contribution in [-0.2, 0) is 0 Å². The van der Waals surface area contributed by atoms with Crippen molar-refractivity contribution in [3.63, 3.8) is 0 Å². The first-order valence-corrected chi connectivity index (χ1v) is 7.82. The average Bonchev–Trinajstić information content (AvgIpc) is 2.56. The Bertz CT molecular complexity index is 976. The third-order valence-electron chi connectivity index (χ3n) is 4.10. The van der Waals surface area contributed by atoms with Crippen molar-refractivity contribution in [1.82, 2.24) is 14.7 Å². The van der Waals surface area contributed by atoms with Gasteiger partial charge in [-0.15, -0.1) is 0 Å². The first-order chi connectivity index (χ1) is 11.5. The van der Waals surface area contributed by atoms with Crippen molar-refractivity contribution in [1.29, 1.82) is 0 Å². The number of fused-ring (bicyclic) bond motifs is 1. The maximum Gasteiger partial charge on any atom is 0.270 e. The average molecular weight is 321 g/mol. The summed E-state index contributed by atoms with van der Waals surface area (Å²) in [6.45, 7) is 5.78. The van der Waals surface area contributed by atoms with Crippen LogP contribution in [0.1, 0.15) is 40.0 Å². The van der Waals surface area contributed by atoms with Crippen molar-refractivity contribution >= 4 is 11.6 Å². The molecule has 1 N–H and O–H groups in total. The molecule has 24 heavy (non-hydrogen) atoms. The van der Waals surface area contributed by atoms with Crippen molar-refractivity contribution in [2.75, 3.05) is 0 Å². The molecular formula is C19H19N3O2. The van der Waals surface area contributed by atoms with Crippen LogP contribution in [0.25, 0.3) is 5.65 Å². The highest BCUT2D eigenvalue weighted by molar-refractivity contribution is 5.94. The van der Waals surface area contributed by atoms with Crippen molar-refractivity contribution < 1.29 is 4.79 Å². The number of pyridine rings is 1. The zero-order valence-electron chi connectivity index (χ0n) is 13.9. The smallest absolute Gasteiger partial charge is 0.270 e. The van der Waals surface area contributed by atoms with Crippen LogP contribution in [0.4, 0.5) is 0 Å². The van der Waals surface area contributed by atoms with E-state index >= 15 is 0 Å². The minimum absolute atomic E-state index is 0.0403. The van der Waals surface area contributed by atoms with Gasteiger partial charge in [0.1, 0.15) is 11.2 Å². The van der Waals surface area contributed by atoms with Crippen LogP contribution in [-0.4, -0.2) is 15.3 Å². The van der Waals surface area contributed by atoms with Crippen molar-refractivity contribution in [3.8, 4) is 0 Å². The van der Waals surface area contributed by atoms with Gasteiger partial charge in [-0.05, 0) is 43.5 Å². The Morgan fingerprint density at radius 2 is 1.92 bits per heavy atom. The molecule has 2 heterocycles. The van der Waals surface area contributed by atoms with E-state index in [0.717, 1.165) is 16.7 Å². The van der Waals surface area contributed by atoms with Gasteiger partial charge in [-0.25, -0.2) is 4.98 Å². The van der Waals surface area contributed by atoms with Crippen LogP contribution >= 0.6 is 0 Å². The molecule has 0 spiro atoms. The van der Waals surface area contributed by atoms with E-state index in [1.165, 1.54) is 10.6 Å². The summed E-state index contributed by atoms with van der Waals surface area (Å²) < 4.78 is 1.41. The van der Waals surface area contributed by atoms with Gasteiger partial charge in [-0.2, -0.15) is 0 Å². The van der Waals surface area contributed by atoms with Gasteiger partial charge in [-0.3, -0.25) is 14.0 Å². The summed E-state index contributed by atoms with van der Waals surface area (Å²) in [6.07, 6.45) is 3.03. The molecule has 0 saturated carbocycles. The van der Waals surface area contributed by atoms with E-state index < -0.39 is 5.91 Å². The Morgan fingerprint density at radius 3 is 2.67 bits per heavy atom. The van der Waals surface area contributed by atoms with E-state index in [0.29, 0.717) is 5.65 Å². The van der Waals surface area contributed by atoms with Crippen LogP contribution in [0.15, 0.2) is 53.6 Å². The Hall–Kier alpha value is -2.95. The molecule has 3 aromatic rings. The molecule has 122 valence electrons. The largest absolute Gasteiger partial charge is 0.345 e. The number of amides is 1. The maximum atomic E-state index is 12.6. The van der Waals surface area contributed by atoms with E-state index in [-0.39, 0.29) is 17.2 Å². The number of hydrogen-bond acceptors (Lipinski definition) is 3. The van der Waals surface area contributed by atoms with Crippen molar-refractivity contribution in [3.05, 3.63) is 81.4 Å². The van der Waals surface area contributed by atoms with E-state index in [2.05, 4.69) is 10.3 Å². The quantitative estimate of drug-likeness (QED) is 0.807. The lowest BCUT2D eigenvalue weighted by Crippen LogP contribution is -2.33. The lowest BCUT2D eigenvalue weighted by atomic mass is 10.0. The van der Waals surface area contributed by atoms with Crippen LogP contribution in [0.2, 0.25) is 0 Å². The molecule has 5 heteroatoms. The minimum atomic E-state index is -0.417. The fraction of sp³-hybridized carbons (Fsp3) is 0.211. The zero-order valence-corrected chi connectivity index (χ0v) is 13.9. The minimum Gasteiger partial charge on any atom is -0.345 e. The van der Waals surface area contributed by atoms with Crippen LogP contribution in [0.5, 0.6) is 0 Å². The number of carbonyl (C=O) groups is 1. The lowest BCUT2D eigenvalue weighted by molar-refractivity contribution is 0.0937. The summed E-state index contributed by atoms with van der Waals surface area (Å²) in [4.78, 5) is 29.3. The summed E-state index contributed by atoms with van der Waals surface area (Å²) >= 11 is 0. The van der Waals surface area contributed by atoms with Crippen LogP contribution in [0.3, 0.4) is 0 Å². The van der Waals surface area contributed by atoms with E-state index in [9.17, 15) is 9.59 Å². The fourth-order valence-corrected chi connectivity index (χ4v) is 2.76. The van der Waals surface area contributed by atoms with Gasteiger partial charge in [0.05, 0.1) is 6.04 Å². The van der Waals surface area contributed by atoms with Gasteiger partial charge in [0.25, 0.3) is 11.5 Å². The van der Waals surface area contributed by atoms with E-state index in [1.807, 2.05) is 51.1 Å². The zero-order chi connectivity index (χ0) is 17.3. The molecule has 1 atom stereocenters. The highest BCUT2D eigenvalue weighted by Crippen LogP contribution is 2.16. The molecule has 0 fully saturated rings. The van der Waals surface area contributed by atoms with Gasteiger partial charge < -0.3 is 5.32 Å². The standard InChI is InChI=1S/C19H19N3O2/c1-12-8-9-17-20-10-16(19(24)22(17)11-12)18(23)21-14(3)15-7-5-4-6-13(15)2/h4-11,14H,1-3H3,(H,21,23). The first kappa shape index (κ1) is 15.9. The molecule has 0 aliphatic heterocycles. The number of nitrogens with one attached hydrogen (secondary N) is 1. The summed E-state index contributed by atoms with van der Waals surface area (Å²) in [5, 5.41) is 2.88. The normalized spacial score (nSPS) is 12.1. The number of benzene rings is 1. The van der Waals surface area contributed by atoms with E-state index in [1.54, 1.807) is 12.3 Å². The third-order valence-corrected chi connectivity index (χ3v) is 4.10. The molecule has 5 nitrogen and oxygen atoms in total.